The van der Waals surface area contributed by atoms with Crippen molar-refractivity contribution in [3.8, 4) is 0 Å². The van der Waals surface area contributed by atoms with Crippen molar-refractivity contribution in [2.45, 2.75) is 39.5 Å². The third kappa shape index (κ3) is 2.85. The second-order valence-electron chi connectivity index (χ2n) is 6.05. The molecule has 18 heavy (non-hydrogen) atoms. The molecule has 1 N–H and O–H groups in total. The lowest BCUT2D eigenvalue weighted by molar-refractivity contribution is -0.142. The lowest BCUT2D eigenvalue weighted by Gasteiger charge is -2.21. The van der Waals surface area contributed by atoms with Crippen molar-refractivity contribution in [2.24, 2.45) is 23.7 Å². The number of carbonyl (C=O) groups is 2. The molecule has 1 saturated carbocycles. The molecule has 1 heterocycles. The zero-order valence-electron chi connectivity index (χ0n) is 11.3. The van der Waals surface area contributed by atoms with Crippen LogP contribution in [0.25, 0.3) is 0 Å². The molecule has 2 fully saturated rings. The molecule has 0 aromatic heterocycles. The number of carboxylic acid groups (broad SMARTS) is 1. The highest BCUT2D eigenvalue weighted by Gasteiger charge is 2.49. The minimum atomic E-state index is -0.816. The fraction of sp³-hybridized carbons (Fsp3) is 0.857. The third-order valence-electron chi connectivity index (χ3n) is 4.45. The zero-order chi connectivity index (χ0) is 13.3. The van der Waals surface area contributed by atoms with Crippen molar-refractivity contribution >= 4 is 11.9 Å². The van der Waals surface area contributed by atoms with Crippen molar-refractivity contribution in [2.75, 3.05) is 13.1 Å². The molecular formula is C14H23NO3. The molecular weight excluding hydrogens is 230 g/mol. The van der Waals surface area contributed by atoms with E-state index in [0.717, 1.165) is 25.9 Å². The van der Waals surface area contributed by atoms with Crippen LogP contribution >= 0.6 is 0 Å². The van der Waals surface area contributed by atoms with Crippen LogP contribution in [0.3, 0.4) is 0 Å². The summed E-state index contributed by atoms with van der Waals surface area (Å²) >= 11 is 0. The van der Waals surface area contributed by atoms with Crippen LogP contribution in [0.5, 0.6) is 0 Å². The minimum Gasteiger partial charge on any atom is -0.481 e. The van der Waals surface area contributed by atoms with Crippen LogP contribution in [0.2, 0.25) is 0 Å². The van der Waals surface area contributed by atoms with E-state index in [4.69, 9.17) is 5.11 Å². The smallest absolute Gasteiger partial charge is 0.307 e. The van der Waals surface area contributed by atoms with Crippen LogP contribution in [0.15, 0.2) is 0 Å². The van der Waals surface area contributed by atoms with Gasteiger partial charge in [0.1, 0.15) is 0 Å². The number of hydrogen-bond donors (Lipinski definition) is 1. The average molecular weight is 253 g/mol. The summed E-state index contributed by atoms with van der Waals surface area (Å²) in [7, 11) is 0. The number of rotatable bonds is 3. The summed E-state index contributed by atoms with van der Waals surface area (Å²) in [6, 6.07) is 0. The van der Waals surface area contributed by atoms with E-state index in [-0.39, 0.29) is 11.8 Å². The van der Waals surface area contributed by atoms with Crippen molar-refractivity contribution < 1.29 is 14.7 Å². The summed E-state index contributed by atoms with van der Waals surface area (Å²) in [4.78, 5) is 24.9. The monoisotopic (exact) mass is 253 g/mol. The quantitative estimate of drug-likeness (QED) is 0.837. The van der Waals surface area contributed by atoms with Gasteiger partial charge in [0.25, 0.3) is 0 Å². The highest BCUT2D eigenvalue weighted by molar-refractivity contribution is 5.89. The molecule has 0 bridgehead atoms. The Labute approximate surface area is 108 Å². The predicted molar refractivity (Wildman–Crippen MR) is 68.0 cm³/mol. The SMILES string of the molecule is CC(C)C1CCCN(C(=O)[C@@H]2C[C@@H]2C(=O)O)CC1. The Morgan fingerprint density at radius 1 is 1.17 bits per heavy atom. The van der Waals surface area contributed by atoms with Gasteiger partial charge in [0, 0.05) is 13.1 Å². The van der Waals surface area contributed by atoms with Gasteiger partial charge < -0.3 is 10.0 Å². The Morgan fingerprint density at radius 3 is 2.44 bits per heavy atom. The van der Waals surface area contributed by atoms with Gasteiger partial charge in [-0.25, -0.2) is 0 Å². The maximum atomic E-state index is 12.2. The van der Waals surface area contributed by atoms with E-state index in [2.05, 4.69) is 13.8 Å². The van der Waals surface area contributed by atoms with Gasteiger partial charge in [-0.1, -0.05) is 13.8 Å². The van der Waals surface area contributed by atoms with Gasteiger partial charge in [-0.05, 0) is 37.5 Å². The molecule has 1 unspecified atom stereocenters. The standard InChI is InChI=1S/C14H23NO3/c1-9(2)10-4-3-6-15(7-5-10)13(16)11-8-12(11)14(17)18/h9-12H,3-8H2,1-2H3,(H,17,18)/t10?,11-,12+/m1/s1. The summed E-state index contributed by atoms with van der Waals surface area (Å²) in [5.74, 6) is -0.0141. The summed E-state index contributed by atoms with van der Waals surface area (Å²) in [5, 5.41) is 8.87. The number of likely N-dealkylation sites (tertiary alicyclic amines) is 1. The lowest BCUT2D eigenvalue weighted by atomic mass is 9.89. The first-order valence-corrected chi connectivity index (χ1v) is 7.02. The van der Waals surface area contributed by atoms with E-state index in [9.17, 15) is 9.59 Å². The first-order chi connectivity index (χ1) is 8.50. The van der Waals surface area contributed by atoms with Crippen LogP contribution in [0.4, 0.5) is 0 Å². The van der Waals surface area contributed by atoms with Crippen LogP contribution in [-0.2, 0) is 9.59 Å². The molecule has 4 nitrogen and oxygen atoms in total. The molecule has 1 saturated heterocycles. The molecule has 0 spiro atoms. The Kier molecular flexibility index (Phi) is 3.93. The minimum absolute atomic E-state index is 0.0757. The molecule has 0 aromatic rings. The van der Waals surface area contributed by atoms with Gasteiger partial charge >= 0.3 is 5.97 Å². The maximum absolute atomic E-state index is 12.2. The van der Waals surface area contributed by atoms with Gasteiger partial charge in [-0.3, -0.25) is 9.59 Å². The maximum Gasteiger partial charge on any atom is 0.307 e. The van der Waals surface area contributed by atoms with E-state index >= 15 is 0 Å². The molecule has 102 valence electrons. The van der Waals surface area contributed by atoms with E-state index in [1.165, 1.54) is 6.42 Å². The second kappa shape index (κ2) is 5.29. The Balaban J connectivity index is 1.87. The van der Waals surface area contributed by atoms with E-state index in [0.29, 0.717) is 18.3 Å². The second-order valence-corrected chi connectivity index (χ2v) is 6.05. The largest absolute Gasteiger partial charge is 0.481 e. The summed E-state index contributed by atoms with van der Waals surface area (Å²) in [6.07, 6.45) is 3.85. The van der Waals surface area contributed by atoms with Gasteiger partial charge in [-0.2, -0.15) is 0 Å². The molecule has 2 rings (SSSR count). The number of amides is 1. The lowest BCUT2D eigenvalue weighted by Crippen LogP contribution is -2.34. The van der Waals surface area contributed by atoms with Crippen molar-refractivity contribution in [3.05, 3.63) is 0 Å². The highest BCUT2D eigenvalue weighted by atomic mass is 16.4. The molecule has 3 atom stereocenters. The zero-order valence-corrected chi connectivity index (χ0v) is 11.3. The van der Waals surface area contributed by atoms with Crippen LogP contribution < -0.4 is 0 Å². The summed E-state index contributed by atoms with van der Waals surface area (Å²) in [5.41, 5.74) is 0. The Bertz CT molecular complexity index is 340. The number of carbonyl (C=O) groups excluding carboxylic acids is 1. The highest BCUT2D eigenvalue weighted by Crippen LogP contribution is 2.40. The number of carboxylic acids is 1. The predicted octanol–water partition coefficient (Wildman–Crippen LogP) is 1.99. The van der Waals surface area contributed by atoms with E-state index in [1.54, 1.807) is 0 Å². The van der Waals surface area contributed by atoms with Crippen molar-refractivity contribution in [3.63, 3.8) is 0 Å². The van der Waals surface area contributed by atoms with E-state index < -0.39 is 11.9 Å². The number of aliphatic carboxylic acids is 1. The summed E-state index contributed by atoms with van der Waals surface area (Å²) < 4.78 is 0. The van der Waals surface area contributed by atoms with Gasteiger partial charge in [0.15, 0.2) is 0 Å². The average Bonchev–Trinajstić information content (AvgIpc) is 3.11. The molecule has 0 radical (unpaired) electrons. The molecule has 1 amide bonds. The van der Waals surface area contributed by atoms with Crippen molar-refractivity contribution in [1.82, 2.24) is 4.90 Å². The first-order valence-electron chi connectivity index (χ1n) is 7.02. The number of nitrogens with zero attached hydrogens (tertiary/aromatic N) is 1. The van der Waals surface area contributed by atoms with Gasteiger partial charge in [0.05, 0.1) is 11.8 Å². The van der Waals surface area contributed by atoms with Crippen LogP contribution in [-0.4, -0.2) is 35.0 Å². The molecule has 1 aliphatic carbocycles. The first kappa shape index (κ1) is 13.4. The van der Waals surface area contributed by atoms with Crippen LogP contribution in [0.1, 0.15) is 39.5 Å². The fourth-order valence-electron chi connectivity index (χ4n) is 2.98. The molecule has 4 heteroatoms. The molecule has 2 aliphatic rings. The Hall–Kier alpha value is -1.06. The van der Waals surface area contributed by atoms with E-state index in [1.807, 2.05) is 4.90 Å². The molecule has 1 aliphatic heterocycles. The third-order valence-corrected chi connectivity index (χ3v) is 4.45. The van der Waals surface area contributed by atoms with Gasteiger partial charge in [0.2, 0.25) is 5.91 Å². The van der Waals surface area contributed by atoms with Gasteiger partial charge in [-0.15, -0.1) is 0 Å². The molecule has 0 aromatic carbocycles. The summed E-state index contributed by atoms with van der Waals surface area (Å²) in [6.45, 7) is 6.10. The number of hydrogen-bond acceptors (Lipinski definition) is 2. The van der Waals surface area contributed by atoms with Crippen molar-refractivity contribution in [1.29, 1.82) is 0 Å². The topological polar surface area (TPSA) is 57.6 Å². The fourth-order valence-corrected chi connectivity index (χ4v) is 2.98. The normalized spacial score (nSPS) is 32.2. The van der Waals surface area contributed by atoms with Crippen LogP contribution in [0, 0.1) is 23.7 Å². The Morgan fingerprint density at radius 2 is 1.89 bits per heavy atom.